The van der Waals surface area contributed by atoms with Crippen molar-refractivity contribution in [2.75, 3.05) is 12.4 Å². The Morgan fingerprint density at radius 1 is 1.00 bits per heavy atom. The lowest BCUT2D eigenvalue weighted by atomic mass is 10.1. The fourth-order valence-corrected chi connectivity index (χ4v) is 2.33. The van der Waals surface area contributed by atoms with E-state index in [9.17, 15) is 19.7 Å². The number of nitro groups is 1. The monoisotopic (exact) mass is 328 g/mol. The van der Waals surface area contributed by atoms with E-state index in [0.29, 0.717) is 5.69 Å². The maximum atomic E-state index is 12.4. The van der Waals surface area contributed by atoms with E-state index in [0.717, 1.165) is 30.4 Å². The van der Waals surface area contributed by atoms with Gasteiger partial charge in [0.15, 0.2) is 0 Å². The maximum Gasteiger partial charge on any atom is 0.338 e. The predicted octanol–water partition coefficient (Wildman–Crippen LogP) is 3.25. The number of aryl methyl sites for hydroxylation is 2. The van der Waals surface area contributed by atoms with Gasteiger partial charge in [-0.15, -0.1) is 0 Å². The number of methoxy groups -OCH3 is 1. The van der Waals surface area contributed by atoms with Gasteiger partial charge in [-0.1, -0.05) is 6.07 Å². The molecule has 0 spiro atoms. The number of anilines is 1. The molecule has 0 fully saturated rings. The molecule has 24 heavy (non-hydrogen) atoms. The molecule has 0 aliphatic heterocycles. The van der Waals surface area contributed by atoms with Crippen LogP contribution >= 0.6 is 0 Å². The molecular weight excluding hydrogens is 312 g/mol. The van der Waals surface area contributed by atoms with Crippen LogP contribution in [0.5, 0.6) is 0 Å². The standard InChI is InChI=1S/C17H16N2O5/c1-10-4-11(2)6-14(5-10)18-16(20)12-7-13(17(21)24-3)9-15(8-12)19(22)23/h4-9H,1-3H3,(H,18,20). The molecule has 2 aromatic carbocycles. The second kappa shape index (κ2) is 6.91. The molecule has 0 unspecified atom stereocenters. The third kappa shape index (κ3) is 3.95. The van der Waals surface area contributed by atoms with Gasteiger partial charge in [-0.2, -0.15) is 0 Å². The highest BCUT2D eigenvalue weighted by Crippen LogP contribution is 2.20. The van der Waals surface area contributed by atoms with Crippen LogP contribution in [0.2, 0.25) is 0 Å². The smallest absolute Gasteiger partial charge is 0.338 e. The fraction of sp³-hybridized carbons (Fsp3) is 0.176. The highest BCUT2D eigenvalue weighted by molar-refractivity contribution is 6.06. The molecule has 0 saturated carbocycles. The Morgan fingerprint density at radius 3 is 2.12 bits per heavy atom. The van der Waals surface area contributed by atoms with E-state index in [-0.39, 0.29) is 16.8 Å². The van der Waals surface area contributed by atoms with E-state index in [1.807, 2.05) is 19.9 Å². The van der Waals surface area contributed by atoms with Crippen LogP contribution in [0, 0.1) is 24.0 Å². The van der Waals surface area contributed by atoms with Gasteiger partial charge in [0.2, 0.25) is 0 Å². The summed E-state index contributed by atoms with van der Waals surface area (Å²) in [4.78, 5) is 34.4. The number of carbonyl (C=O) groups is 2. The number of hydrogen-bond donors (Lipinski definition) is 1. The lowest BCUT2D eigenvalue weighted by molar-refractivity contribution is -0.384. The number of non-ortho nitro benzene ring substituents is 1. The molecule has 2 aromatic rings. The van der Waals surface area contributed by atoms with Gasteiger partial charge >= 0.3 is 5.97 Å². The van der Waals surface area contributed by atoms with Crippen LogP contribution in [-0.4, -0.2) is 23.9 Å². The summed E-state index contributed by atoms with van der Waals surface area (Å²) in [6, 6.07) is 8.96. The van der Waals surface area contributed by atoms with E-state index in [2.05, 4.69) is 10.1 Å². The van der Waals surface area contributed by atoms with E-state index < -0.39 is 16.8 Å². The van der Waals surface area contributed by atoms with Crippen LogP contribution in [-0.2, 0) is 4.74 Å². The normalized spacial score (nSPS) is 10.1. The summed E-state index contributed by atoms with van der Waals surface area (Å²) in [5, 5.41) is 13.7. The summed E-state index contributed by atoms with van der Waals surface area (Å²) in [7, 11) is 1.16. The van der Waals surface area contributed by atoms with Crippen LogP contribution in [0.25, 0.3) is 0 Å². The summed E-state index contributed by atoms with van der Waals surface area (Å²) < 4.78 is 4.56. The topological polar surface area (TPSA) is 98.5 Å². The van der Waals surface area contributed by atoms with Gasteiger partial charge < -0.3 is 10.1 Å². The van der Waals surface area contributed by atoms with Gasteiger partial charge in [0.1, 0.15) is 0 Å². The van der Waals surface area contributed by atoms with Crippen LogP contribution in [0.1, 0.15) is 31.8 Å². The summed E-state index contributed by atoms with van der Waals surface area (Å²) >= 11 is 0. The number of esters is 1. The van der Waals surface area contributed by atoms with Crippen molar-refractivity contribution in [3.8, 4) is 0 Å². The van der Waals surface area contributed by atoms with Crippen molar-refractivity contribution in [2.45, 2.75) is 13.8 Å². The maximum absolute atomic E-state index is 12.4. The number of nitrogens with zero attached hydrogens (tertiary/aromatic N) is 1. The van der Waals surface area contributed by atoms with Gasteiger partial charge in [0.05, 0.1) is 17.6 Å². The molecule has 0 aliphatic carbocycles. The Kier molecular flexibility index (Phi) is 4.93. The largest absolute Gasteiger partial charge is 0.465 e. The highest BCUT2D eigenvalue weighted by atomic mass is 16.6. The van der Waals surface area contributed by atoms with Gasteiger partial charge in [-0.3, -0.25) is 14.9 Å². The third-order valence-corrected chi connectivity index (χ3v) is 3.29. The third-order valence-electron chi connectivity index (χ3n) is 3.29. The first kappa shape index (κ1) is 17.1. The van der Waals surface area contributed by atoms with Gasteiger partial charge in [-0.25, -0.2) is 4.79 Å². The Morgan fingerprint density at radius 2 is 1.58 bits per heavy atom. The molecule has 1 N–H and O–H groups in total. The van der Waals surface area contributed by atoms with Crippen molar-refractivity contribution in [2.24, 2.45) is 0 Å². The zero-order valence-electron chi connectivity index (χ0n) is 13.5. The molecule has 0 heterocycles. The Balaban J connectivity index is 2.39. The number of nitro benzene ring substituents is 1. The molecular formula is C17H16N2O5. The van der Waals surface area contributed by atoms with E-state index in [1.54, 1.807) is 12.1 Å². The molecule has 0 saturated heterocycles. The van der Waals surface area contributed by atoms with Gasteiger partial charge in [0, 0.05) is 23.4 Å². The molecule has 0 aromatic heterocycles. The lowest BCUT2D eigenvalue weighted by Crippen LogP contribution is -2.14. The fourth-order valence-electron chi connectivity index (χ4n) is 2.33. The lowest BCUT2D eigenvalue weighted by Gasteiger charge is -2.09. The van der Waals surface area contributed by atoms with E-state index in [4.69, 9.17) is 0 Å². The van der Waals surface area contributed by atoms with Crippen LogP contribution < -0.4 is 5.32 Å². The number of hydrogen-bond acceptors (Lipinski definition) is 5. The first-order valence-corrected chi connectivity index (χ1v) is 7.07. The average molecular weight is 328 g/mol. The SMILES string of the molecule is COC(=O)c1cc(C(=O)Nc2cc(C)cc(C)c2)cc([N+](=O)[O-])c1. The van der Waals surface area contributed by atoms with Crippen LogP contribution in [0.3, 0.4) is 0 Å². The molecule has 0 aliphatic rings. The minimum Gasteiger partial charge on any atom is -0.465 e. The molecule has 0 atom stereocenters. The second-order valence-corrected chi connectivity index (χ2v) is 5.35. The van der Waals surface area contributed by atoms with Crippen molar-refractivity contribution in [3.05, 3.63) is 68.8 Å². The summed E-state index contributed by atoms with van der Waals surface area (Å²) in [6.45, 7) is 3.79. The predicted molar refractivity (Wildman–Crippen MR) is 88.3 cm³/mol. The number of nitrogens with one attached hydrogen (secondary N) is 1. The van der Waals surface area contributed by atoms with Gasteiger partial charge in [0.25, 0.3) is 11.6 Å². The van der Waals surface area contributed by atoms with Gasteiger partial charge in [-0.05, 0) is 43.2 Å². The zero-order chi connectivity index (χ0) is 17.9. The van der Waals surface area contributed by atoms with E-state index >= 15 is 0 Å². The molecule has 7 nitrogen and oxygen atoms in total. The average Bonchev–Trinajstić information content (AvgIpc) is 2.52. The van der Waals surface area contributed by atoms with Crippen LogP contribution in [0.4, 0.5) is 11.4 Å². The Bertz CT molecular complexity index is 809. The van der Waals surface area contributed by atoms with Crippen LogP contribution in [0.15, 0.2) is 36.4 Å². The first-order valence-electron chi connectivity index (χ1n) is 7.07. The number of carbonyl (C=O) groups excluding carboxylic acids is 2. The Labute approximate surface area is 138 Å². The number of benzene rings is 2. The quantitative estimate of drug-likeness (QED) is 0.527. The van der Waals surface area contributed by atoms with Crippen molar-refractivity contribution >= 4 is 23.3 Å². The number of rotatable bonds is 4. The zero-order valence-corrected chi connectivity index (χ0v) is 13.5. The molecule has 2 rings (SSSR count). The Hall–Kier alpha value is -3.22. The molecule has 124 valence electrons. The molecule has 0 radical (unpaired) electrons. The van der Waals surface area contributed by atoms with Crippen molar-refractivity contribution in [3.63, 3.8) is 0 Å². The van der Waals surface area contributed by atoms with E-state index in [1.165, 1.54) is 6.07 Å². The van der Waals surface area contributed by atoms with Crippen molar-refractivity contribution in [1.29, 1.82) is 0 Å². The molecule has 1 amide bonds. The molecule has 7 heteroatoms. The highest BCUT2D eigenvalue weighted by Gasteiger charge is 2.18. The summed E-state index contributed by atoms with van der Waals surface area (Å²) in [6.07, 6.45) is 0. The number of ether oxygens (including phenoxy) is 1. The van der Waals surface area contributed by atoms with Crippen molar-refractivity contribution < 1.29 is 19.2 Å². The summed E-state index contributed by atoms with van der Waals surface area (Å²) in [5.41, 5.74) is 2.10. The molecule has 0 bridgehead atoms. The number of amides is 1. The minimum atomic E-state index is -0.751. The van der Waals surface area contributed by atoms with Crippen molar-refractivity contribution in [1.82, 2.24) is 0 Å². The second-order valence-electron chi connectivity index (χ2n) is 5.35. The summed E-state index contributed by atoms with van der Waals surface area (Å²) in [5.74, 6) is -1.30. The first-order chi connectivity index (χ1) is 11.3. The minimum absolute atomic E-state index is 0.00348.